The molecular formula is C18H20N6O2. The van der Waals surface area contributed by atoms with E-state index in [4.69, 9.17) is 15.3 Å². The van der Waals surface area contributed by atoms with Gasteiger partial charge in [0.15, 0.2) is 11.5 Å². The van der Waals surface area contributed by atoms with Crippen LogP contribution in [-0.2, 0) is 0 Å². The topological polar surface area (TPSA) is 106 Å². The third-order valence-electron chi connectivity index (χ3n) is 3.56. The van der Waals surface area contributed by atoms with Gasteiger partial charge in [0.2, 0.25) is 5.95 Å². The van der Waals surface area contributed by atoms with Gasteiger partial charge in [0.25, 0.3) is 0 Å². The average Bonchev–Trinajstić information content (AvgIpc) is 2.68. The molecule has 5 N–H and O–H groups in total. The van der Waals surface area contributed by atoms with E-state index in [9.17, 15) is 0 Å². The van der Waals surface area contributed by atoms with Crippen LogP contribution in [0.25, 0.3) is 0 Å². The average molecular weight is 352 g/mol. The van der Waals surface area contributed by atoms with Crippen LogP contribution in [-0.4, -0.2) is 24.2 Å². The molecule has 8 nitrogen and oxygen atoms in total. The van der Waals surface area contributed by atoms with E-state index in [1.54, 1.807) is 20.3 Å². The third-order valence-corrected chi connectivity index (χ3v) is 3.56. The summed E-state index contributed by atoms with van der Waals surface area (Å²) in [4.78, 5) is 8.78. The molecule has 0 bridgehead atoms. The Balaban J connectivity index is 1.86. The number of nitrogens with zero attached hydrogens (tertiary/aromatic N) is 2. The van der Waals surface area contributed by atoms with Crippen molar-refractivity contribution in [2.24, 2.45) is 5.84 Å². The summed E-state index contributed by atoms with van der Waals surface area (Å²) >= 11 is 0. The number of hydrogen-bond acceptors (Lipinski definition) is 8. The molecule has 0 aliphatic rings. The Morgan fingerprint density at radius 1 is 0.769 bits per heavy atom. The summed E-state index contributed by atoms with van der Waals surface area (Å²) in [5, 5.41) is 6.35. The largest absolute Gasteiger partial charge is 0.493 e. The maximum Gasteiger partial charge on any atom is 0.231 e. The minimum Gasteiger partial charge on any atom is -0.493 e. The number of hydrogen-bond donors (Lipinski definition) is 4. The maximum atomic E-state index is 5.53. The molecule has 3 aromatic rings. The second kappa shape index (κ2) is 8.04. The fraction of sp³-hybridized carbons (Fsp3) is 0.111. The van der Waals surface area contributed by atoms with Gasteiger partial charge in [-0.2, -0.15) is 9.97 Å². The number of ether oxygens (including phenoxy) is 2. The molecule has 0 fully saturated rings. The molecule has 0 saturated heterocycles. The molecule has 3 rings (SSSR count). The van der Waals surface area contributed by atoms with Gasteiger partial charge in [0.05, 0.1) is 14.2 Å². The number of para-hydroxylation sites is 1. The van der Waals surface area contributed by atoms with E-state index in [2.05, 4.69) is 26.0 Å². The molecule has 0 saturated carbocycles. The highest BCUT2D eigenvalue weighted by Gasteiger charge is 2.08. The number of benzene rings is 2. The number of aromatic nitrogens is 2. The minimum absolute atomic E-state index is 0.412. The lowest BCUT2D eigenvalue weighted by molar-refractivity contribution is 0.355. The molecule has 26 heavy (non-hydrogen) atoms. The first-order chi connectivity index (χ1) is 12.7. The fourth-order valence-corrected chi connectivity index (χ4v) is 2.35. The third kappa shape index (κ3) is 4.11. The van der Waals surface area contributed by atoms with Gasteiger partial charge in [0, 0.05) is 23.5 Å². The number of methoxy groups -OCH3 is 2. The molecule has 134 valence electrons. The Kier molecular flexibility index (Phi) is 5.35. The van der Waals surface area contributed by atoms with Gasteiger partial charge in [-0.25, -0.2) is 5.84 Å². The standard InChI is InChI=1S/C18H20N6O2/c1-25-14-9-8-13(10-15(14)26-2)20-16-11-17(24-19)23-18(22-16)21-12-6-4-3-5-7-12/h3-11H,19H2,1-2H3,(H3,20,21,22,23,24). The Bertz CT molecular complexity index is 873. The highest BCUT2D eigenvalue weighted by molar-refractivity contribution is 5.65. The van der Waals surface area contributed by atoms with Crippen LogP contribution in [0.2, 0.25) is 0 Å². The Morgan fingerprint density at radius 2 is 1.50 bits per heavy atom. The van der Waals surface area contributed by atoms with Crippen LogP contribution in [0, 0.1) is 0 Å². The first-order valence-electron chi connectivity index (χ1n) is 7.88. The number of hydrazine groups is 1. The van der Waals surface area contributed by atoms with Gasteiger partial charge in [0.1, 0.15) is 11.6 Å². The summed E-state index contributed by atoms with van der Waals surface area (Å²) in [6.45, 7) is 0. The molecule has 8 heteroatoms. The molecule has 1 heterocycles. The number of rotatable bonds is 7. The summed E-state index contributed by atoms with van der Waals surface area (Å²) in [5.41, 5.74) is 4.21. The highest BCUT2D eigenvalue weighted by atomic mass is 16.5. The molecule has 0 radical (unpaired) electrons. The molecule has 0 atom stereocenters. The molecular weight excluding hydrogens is 332 g/mol. The van der Waals surface area contributed by atoms with Crippen LogP contribution in [0.3, 0.4) is 0 Å². The van der Waals surface area contributed by atoms with E-state index >= 15 is 0 Å². The SMILES string of the molecule is COc1ccc(Nc2cc(NN)nc(Nc3ccccc3)n2)cc1OC. The fourth-order valence-electron chi connectivity index (χ4n) is 2.35. The van der Waals surface area contributed by atoms with Gasteiger partial charge < -0.3 is 25.5 Å². The molecule has 0 spiro atoms. The normalized spacial score (nSPS) is 10.1. The van der Waals surface area contributed by atoms with Gasteiger partial charge >= 0.3 is 0 Å². The van der Waals surface area contributed by atoms with Crippen molar-refractivity contribution in [2.75, 3.05) is 30.3 Å². The first-order valence-corrected chi connectivity index (χ1v) is 7.88. The van der Waals surface area contributed by atoms with E-state index in [0.29, 0.717) is 29.1 Å². The van der Waals surface area contributed by atoms with E-state index < -0.39 is 0 Å². The summed E-state index contributed by atoms with van der Waals surface area (Å²) in [5.74, 6) is 8.25. The second-order valence-corrected chi connectivity index (χ2v) is 5.29. The lowest BCUT2D eigenvalue weighted by Gasteiger charge is -2.13. The predicted molar refractivity (Wildman–Crippen MR) is 102 cm³/mol. The number of nitrogens with two attached hydrogens (primary N) is 1. The number of anilines is 5. The summed E-state index contributed by atoms with van der Waals surface area (Å²) in [6, 6.07) is 16.8. The van der Waals surface area contributed by atoms with Crippen molar-refractivity contribution in [3.8, 4) is 11.5 Å². The maximum absolute atomic E-state index is 5.53. The number of nitrogens with one attached hydrogen (secondary N) is 3. The van der Waals surface area contributed by atoms with Crippen molar-refractivity contribution in [1.29, 1.82) is 0 Å². The van der Waals surface area contributed by atoms with Crippen LogP contribution in [0.5, 0.6) is 11.5 Å². The van der Waals surface area contributed by atoms with Crippen molar-refractivity contribution in [2.45, 2.75) is 0 Å². The van der Waals surface area contributed by atoms with Crippen LogP contribution in [0.1, 0.15) is 0 Å². The Hall–Kier alpha value is -3.52. The summed E-state index contributed by atoms with van der Waals surface area (Å²) in [7, 11) is 3.18. The van der Waals surface area contributed by atoms with Gasteiger partial charge in [-0.1, -0.05) is 18.2 Å². The zero-order valence-corrected chi connectivity index (χ0v) is 14.5. The summed E-state index contributed by atoms with van der Waals surface area (Å²) < 4.78 is 10.6. The van der Waals surface area contributed by atoms with Crippen LogP contribution >= 0.6 is 0 Å². The zero-order chi connectivity index (χ0) is 18.4. The van der Waals surface area contributed by atoms with Crippen molar-refractivity contribution < 1.29 is 9.47 Å². The molecule has 0 unspecified atom stereocenters. The van der Waals surface area contributed by atoms with E-state index in [1.165, 1.54) is 0 Å². The quantitative estimate of drug-likeness (QED) is 0.379. The van der Waals surface area contributed by atoms with Gasteiger partial charge in [-0.15, -0.1) is 0 Å². The molecule has 0 aliphatic heterocycles. The smallest absolute Gasteiger partial charge is 0.231 e. The van der Waals surface area contributed by atoms with Crippen molar-refractivity contribution >= 4 is 29.0 Å². The zero-order valence-electron chi connectivity index (χ0n) is 14.5. The Labute approximate surface area is 151 Å². The highest BCUT2D eigenvalue weighted by Crippen LogP contribution is 2.31. The van der Waals surface area contributed by atoms with E-state index in [-0.39, 0.29) is 0 Å². The monoisotopic (exact) mass is 352 g/mol. The summed E-state index contributed by atoms with van der Waals surface area (Å²) in [6.07, 6.45) is 0. The van der Waals surface area contributed by atoms with E-state index in [0.717, 1.165) is 11.4 Å². The lowest BCUT2D eigenvalue weighted by atomic mass is 10.2. The minimum atomic E-state index is 0.412. The molecule has 1 aromatic heterocycles. The van der Waals surface area contributed by atoms with Crippen molar-refractivity contribution in [3.05, 3.63) is 54.6 Å². The van der Waals surface area contributed by atoms with Crippen molar-refractivity contribution in [1.82, 2.24) is 9.97 Å². The van der Waals surface area contributed by atoms with Gasteiger partial charge in [-0.05, 0) is 24.3 Å². The Morgan fingerprint density at radius 3 is 2.19 bits per heavy atom. The van der Waals surface area contributed by atoms with Crippen LogP contribution < -0.4 is 31.4 Å². The number of nitrogen functional groups attached to an aromatic ring is 1. The van der Waals surface area contributed by atoms with Crippen LogP contribution in [0.15, 0.2) is 54.6 Å². The molecule has 0 amide bonds. The predicted octanol–water partition coefficient (Wildman–Crippen LogP) is 3.27. The lowest BCUT2D eigenvalue weighted by Crippen LogP contribution is -2.11. The second-order valence-electron chi connectivity index (χ2n) is 5.29. The molecule has 0 aliphatic carbocycles. The van der Waals surface area contributed by atoms with E-state index in [1.807, 2.05) is 48.5 Å². The van der Waals surface area contributed by atoms with Gasteiger partial charge in [-0.3, -0.25) is 0 Å². The van der Waals surface area contributed by atoms with Crippen LogP contribution in [0.4, 0.5) is 29.0 Å². The molecule has 2 aromatic carbocycles. The van der Waals surface area contributed by atoms with Crippen molar-refractivity contribution in [3.63, 3.8) is 0 Å². The first kappa shape index (κ1) is 17.3.